The average Bonchev–Trinajstić information content (AvgIpc) is 3.34. The largest absolute Gasteiger partial charge is 0.404 e. The van der Waals surface area contributed by atoms with Gasteiger partial charge in [0.2, 0.25) is 0 Å². The first-order valence-electron chi connectivity index (χ1n) is 14.8. The minimum Gasteiger partial charge on any atom is -0.404 e. The highest BCUT2D eigenvalue weighted by molar-refractivity contribution is 7.11. The van der Waals surface area contributed by atoms with Gasteiger partial charge in [0.05, 0.1) is 11.4 Å². The van der Waals surface area contributed by atoms with Crippen molar-refractivity contribution in [3.8, 4) is 0 Å². The second kappa shape index (κ2) is 11.4. The van der Waals surface area contributed by atoms with E-state index in [-0.39, 0.29) is 6.04 Å². The fourth-order valence-electron chi connectivity index (χ4n) is 6.41. The third-order valence-electron chi connectivity index (χ3n) is 8.52. The van der Waals surface area contributed by atoms with Crippen LogP contribution in [-0.4, -0.2) is 6.04 Å². The summed E-state index contributed by atoms with van der Waals surface area (Å²) in [5, 5.41) is 8.55. The summed E-state index contributed by atoms with van der Waals surface area (Å²) in [5.74, 6) is 1.10. The summed E-state index contributed by atoms with van der Waals surface area (Å²) in [7, 11) is 0. The predicted octanol–water partition coefficient (Wildman–Crippen LogP) is 5.98. The third-order valence-corrected chi connectivity index (χ3v) is 9.68. The number of benzene rings is 3. The molecule has 7 rings (SSSR count). The number of rotatable bonds is 2. The van der Waals surface area contributed by atoms with Gasteiger partial charge in [0.25, 0.3) is 0 Å². The number of nitrogens with one attached hydrogen (secondary N) is 2. The number of hydrogen-bond donors (Lipinski definition) is 3. The summed E-state index contributed by atoms with van der Waals surface area (Å²) in [5.41, 5.74) is 16.8. The van der Waals surface area contributed by atoms with Crippen LogP contribution in [-0.2, 0) is 25.8 Å². The van der Waals surface area contributed by atoms with E-state index in [1.165, 1.54) is 54.2 Å². The van der Waals surface area contributed by atoms with Gasteiger partial charge in [-0.2, -0.15) is 0 Å². The quantitative estimate of drug-likeness (QED) is 0.261. The molecule has 0 amide bonds. The number of allylic oxidation sites excluding steroid dienone is 2. The van der Waals surface area contributed by atoms with Crippen molar-refractivity contribution in [2.24, 2.45) is 5.73 Å². The standard InChI is InChI=1S/C37H36N4S/c1-25-10-8-9-17-39-30(20-27-12-3-2-11-26(27)18-25)21-35-31(23-38)32-24-40-37(22-36(32)42-35)41-33-15-6-4-13-28(33)19-29-14-5-7-16-34(29)41/h2-7,9,11-17,21-23,30,39-40H,1,8,10,18-20,24,38H2/b17-9-,31-23-,35-21+. The van der Waals surface area contributed by atoms with Gasteiger partial charge in [0.15, 0.2) is 0 Å². The monoisotopic (exact) mass is 568 g/mol. The second-order valence-electron chi connectivity index (χ2n) is 11.3. The van der Waals surface area contributed by atoms with Crippen LogP contribution in [0.5, 0.6) is 0 Å². The van der Waals surface area contributed by atoms with Crippen molar-refractivity contribution >= 4 is 41.1 Å². The Kier molecular flexibility index (Phi) is 7.18. The molecule has 0 saturated heterocycles. The van der Waals surface area contributed by atoms with Crippen LogP contribution < -0.4 is 31.0 Å². The van der Waals surface area contributed by atoms with E-state index in [4.69, 9.17) is 5.73 Å². The lowest BCUT2D eigenvalue weighted by Crippen LogP contribution is -2.36. The molecule has 3 aliphatic heterocycles. The van der Waals surface area contributed by atoms with Gasteiger partial charge >= 0.3 is 0 Å². The van der Waals surface area contributed by atoms with Crippen molar-refractivity contribution < 1.29 is 0 Å². The third kappa shape index (κ3) is 5.05. The maximum atomic E-state index is 6.30. The number of hydrogen-bond acceptors (Lipinski definition) is 5. The molecule has 1 aromatic heterocycles. The molecule has 210 valence electrons. The molecular weight excluding hydrogens is 533 g/mol. The Morgan fingerprint density at radius 1 is 0.881 bits per heavy atom. The maximum absolute atomic E-state index is 6.30. The highest BCUT2D eigenvalue weighted by Crippen LogP contribution is 2.41. The van der Waals surface area contributed by atoms with Crippen LogP contribution >= 0.6 is 11.3 Å². The summed E-state index contributed by atoms with van der Waals surface area (Å²) < 4.78 is 1.21. The lowest BCUT2D eigenvalue weighted by atomic mass is 9.94. The SMILES string of the molecule is C=C1CC/C=C\NC(/C=c2/sc3c(/c2=C/N)CNC(N2c4ccccc4Cc4ccccc42)=C3)Cc2ccccc2C1. The van der Waals surface area contributed by atoms with Gasteiger partial charge in [-0.1, -0.05) is 78.9 Å². The maximum Gasteiger partial charge on any atom is 0.112 e. The molecule has 5 heteroatoms. The van der Waals surface area contributed by atoms with Crippen LogP contribution in [0.1, 0.15) is 45.5 Å². The number of nitrogens with zero attached hydrogens (tertiary/aromatic N) is 1. The molecule has 4 N–H and O–H groups in total. The van der Waals surface area contributed by atoms with Crippen LogP contribution in [0, 0.1) is 0 Å². The summed E-state index contributed by atoms with van der Waals surface area (Å²) in [6.45, 7) is 5.07. The molecule has 0 spiro atoms. The van der Waals surface area contributed by atoms with Crippen LogP contribution in [0.15, 0.2) is 103 Å². The Bertz CT molecular complexity index is 1800. The van der Waals surface area contributed by atoms with Crippen LogP contribution in [0.4, 0.5) is 11.4 Å². The summed E-state index contributed by atoms with van der Waals surface area (Å²) >= 11 is 1.83. The van der Waals surface area contributed by atoms with E-state index in [2.05, 4.69) is 119 Å². The lowest BCUT2D eigenvalue weighted by Gasteiger charge is -2.36. The van der Waals surface area contributed by atoms with Crippen LogP contribution in [0.2, 0.25) is 0 Å². The summed E-state index contributed by atoms with van der Waals surface area (Å²) in [6, 6.07) is 26.4. The van der Waals surface area contributed by atoms with Crippen molar-refractivity contribution in [3.63, 3.8) is 0 Å². The molecule has 4 heterocycles. The van der Waals surface area contributed by atoms with Gasteiger partial charge in [0, 0.05) is 39.8 Å². The van der Waals surface area contributed by atoms with E-state index in [1.807, 2.05) is 11.3 Å². The lowest BCUT2D eigenvalue weighted by molar-refractivity contribution is 0.720. The molecule has 0 radical (unpaired) electrons. The normalized spacial score (nSPS) is 19.7. The zero-order valence-electron chi connectivity index (χ0n) is 23.8. The number of para-hydroxylation sites is 2. The van der Waals surface area contributed by atoms with Gasteiger partial charge in [-0.15, -0.1) is 11.3 Å². The second-order valence-corrected chi connectivity index (χ2v) is 12.4. The minimum absolute atomic E-state index is 0.143. The Balaban J connectivity index is 1.29. The van der Waals surface area contributed by atoms with Crippen molar-refractivity contribution in [3.05, 3.63) is 145 Å². The van der Waals surface area contributed by atoms with E-state index in [0.29, 0.717) is 0 Å². The van der Waals surface area contributed by atoms with E-state index in [0.717, 1.165) is 49.7 Å². The van der Waals surface area contributed by atoms with E-state index < -0.39 is 0 Å². The van der Waals surface area contributed by atoms with E-state index in [9.17, 15) is 0 Å². The molecule has 3 aliphatic rings. The zero-order valence-corrected chi connectivity index (χ0v) is 24.6. The molecule has 3 aromatic carbocycles. The summed E-state index contributed by atoms with van der Waals surface area (Å²) in [6.07, 6.45) is 15.6. The van der Waals surface area contributed by atoms with Gasteiger partial charge < -0.3 is 16.4 Å². The molecule has 1 atom stereocenters. The zero-order chi connectivity index (χ0) is 28.5. The van der Waals surface area contributed by atoms with Crippen molar-refractivity contribution in [1.29, 1.82) is 0 Å². The molecule has 0 fully saturated rings. The van der Waals surface area contributed by atoms with Crippen molar-refractivity contribution in [2.75, 3.05) is 4.90 Å². The fraction of sp³-hybridized carbons (Fsp3) is 0.189. The van der Waals surface area contributed by atoms with Gasteiger partial charge in [-0.3, -0.25) is 4.90 Å². The number of fused-ring (bicyclic) bond motifs is 4. The number of thiophene rings is 1. The smallest absolute Gasteiger partial charge is 0.112 e. The number of nitrogens with two attached hydrogens (primary N) is 1. The Morgan fingerprint density at radius 2 is 1.57 bits per heavy atom. The minimum atomic E-state index is 0.143. The molecule has 4 nitrogen and oxygen atoms in total. The first-order valence-corrected chi connectivity index (χ1v) is 15.6. The molecule has 0 bridgehead atoms. The first kappa shape index (κ1) is 26.4. The van der Waals surface area contributed by atoms with E-state index in [1.54, 1.807) is 6.20 Å². The molecule has 1 unspecified atom stereocenters. The Hall–Kier alpha value is -4.48. The average molecular weight is 569 g/mol. The highest BCUT2D eigenvalue weighted by atomic mass is 32.1. The first-order chi connectivity index (χ1) is 20.7. The van der Waals surface area contributed by atoms with Gasteiger partial charge in [-0.05, 0) is 84.0 Å². The molecule has 0 aliphatic carbocycles. The van der Waals surface area contributed by atoms with Gasteiger partial charge in [-0.25, -0.2) is 0 Å². The number of anilines is 2. The van der Waals surface area contributed by atoms with Gasteiger partial charge in [0.1, 0.15) is 5.82 Å². The fourth-order valence-corrected chi connectivity index (χ4v) is 7.65. The molecule has 0 saturated carbocycles. The topological polar surface area (TPSA) is 53.3 Å². The Morgan fingerprint density at radius 3 is 2.31 bits per heavy atom. The summed E-state index contributed by atoms with van der Waals surface area (Å²) in [4.78, 5) is 3.64. The van der Waals surface area contributed by atoms with Crippen LogP contribution in [0.25, 0.3) is 18.4 Å². The Labute approximate surface area is 251 Å². The van der Waals surface area contributed by atoms with Crippen molar-refractivity contribution in [2.45, 2.75) is 44.7 Å². The molecule has 42 heavy (non-hydrogen) atoms. The van der Waals surface area contributed by atoms with Crippen LogP contribution in [0.3, 0.4) is 0 Å². The van der Waals surface area contributed by atoms with E-state index >= 15 is 0 Å². The predicted molar refractivity (Wildman–Crippen MR) is 178 cm³/mol. The van der Waals surface area contributed by atoms with Crippen molar-refractivity contribution in [1.82, 2.24) is 10.6 Å². The highest BCUT2D eigenvalue weighted by Gasteiger charge is 2.27. The molecule has 4 aromatic rings. The molecular formula is C37H36N4S.